The van der Waals surface area contributed by atoms with E-state index in [0.29, 0.717) is 29.2 Å². The second kappa shape index (κ2) is 8.08. The first-order chi connectivity index (χ1) is 9.02. The van der Waals surface area contributed by atoms with E-state index in [1.807, 2.05) is 12.1 Å². The van der Waals surface area contributed by atoms with Gasteiger partial charge in [-0.05, 0) is 25.5 Å². The molecule has 1 rings (SSSR count). The van der Waals surface area contributed by atoms with Gasteiger partial charge in [0.15, 0.2) is 0 Å². The Kier molecular flexibility index (Phi) is 7.11. The van der Waals surface area contributed by atoms with Crippen molar-refractivity contribution >= 4 is 23.2 Å². The Bertz CT molecular complexity index is 399. The van der Waals surface area contributed by atoms with E-state index < -0.39 is 0 Å². The normalized spacial score (nSPS) is 13.3. The summed E-state index contributed by atoms with van der Waals surface area (Å²) in [5.74, 6) is 0. The van der Waals surface area contributed by atoms with Gasteiger partial charge in [-0.2, -0.15) is 0 Å². The Labute approximate surface area is 125 Å². The van der Waals surface area contributed by atoms with Crippen molar-refractivity contribution in [1.29, 1.82) is 0 Å². The van der Waals surface area contributed by atoms with Crippen LogP contribution in [0.15, 0.2) is 18.2 Å². The molecule has 0 aliphatic rings. The number of hydrogen-bond acceptors (Lipinski definition) is 3. The highest BCUT2D eigenvalue weighted by atomic mass is 35.5. The van der Waals surface area contributed by atoms with E-state index in [2.05, 4.69) is 18.7 Å². The molecule has 0 heterocycles. The minimum Gasteiger partial charge on any atom is -0.383 e. The fourth-order valence-corrected chi connectivity index (χ4v) is 2.62. The highest BCUT2D eigenvalue weighted by Crippen LogP contribution is 2.33. The van der Waals surface area contributed by atoms with E-state index in [1.165, 1.54) is 0 Å². The van der Waals surface area contributed by atoms with E-state index >= 15 is 0 Å². The highest BCUT2D eigenvalue weighted by molar-refractivity contribution is 6.42. The fourth-order valence-electron chi connectivity index (χ4n) is 2.19. The van der Waals surface area contributed by atoms with Gasteiger partial charge in [0.1, 0.15) is 0 Å². The van der Waals surface area contributed by atoms with Crippen molar-refractivity contribution < 1.29 is 4.74 Å². The SMILES string of the molecule is COCCN(C(C)C)C(CN)c1cccc(Cl)c1Cl. The minimum atomic E-state index is 0.0429. The molecule has 108 valence electrons. The van der Waals surface area contributed by atoms with Crippen LogP contribution >= 0.6 is 23.2 Å². The first-order valence-electron chi connectivity index (χ1n) is 6.41. The van der Waals surface area contributed by atoms with Crippen molar-refractivity contribution in [2.24, 2.45) is 5.73 Å². The molecule has 5 heteroatoms. The van der Waals surface area contributed by atoms with Crippen molar-refractivity contribution in [1.82, 2.24) is 4.90 Å². The average molecular weight is 305 g/mol. The van der Waals surface area contributed by atoms with Gasteiger partial charge < -0.3 is 10.5 Å². The number of hydrogen-bond donors (Lipinski definition) is 1. The summed E-state index contributed by atoms with van der Waals surface area (Å²) in [6.07, 6.45) is 0. The number of methoxy groups -OCH3 is 1. The lowest BCUT2D eigenvalue weighted by Gasteiger charge is -2.35. The molecule has 0 fully saturated rings. The Morgan fingerprint density at radius 3 is 2.53 bits per heavy atom. The summed E-state index contributed by atoms with van der Waals surface area (Å²) < 4.78 is 5.17. The summed E-state index contributed by atoms with van der Waals surface area (Å²) in [5, 5.41) is 1.15. The number of nitrogens with two attached hydrogens (primary N) is 1. The molecule has 1 aromatic rings. The third kappa shape index (κ3) is 4.33. The van der Waals surface area contributed by atoms with E-state index in [0.717, 1.165) is 12.1 Å². The van der Waals surface area contributed by atoms with E-state index in [9.17, 15) is 0 Å². The molecule has 19 heavy (non-hydrogen) atoms. The number of halogens is 2. The zero-order chi connectivity index (χ0) is 14.4. The maximum Gasteiger partial charge on any atom is 0.0640 e. The number of ether oxygens (including phenoxy) is 1. The summed E-state index contributed by atoms with van der Waals surface area (Å²) >= 11 is 12.4. The molecule has 2 N–H and O–H groups in total. The molecule has 0 amide bonds. The zero-order valence-corrected chi connectivity index (χ0v) is 13.2. The number of nitrogens with zero attached hydrogens (tertiary/aromatic N) is 1. The van der Waals surface area contributed by atoms with Crippen LogP contribution in [-0.2, 0) is 4.74 Å². The topological polar surface area (TPSA) is 38.5 Å². The Morgan fingerprint density at radius 1 is 1.32 bits per heavy atom. The van der Waals surface area contributed by atoms with Crippen LogP contribution in [0, 0.1) is 0 Å². The molecule has 0 radical (unpaired) electrons. The summed E-state index contributed by atoms with van der Waals surface area (Å²) in [6.45, 7) is 6.22. The summed E-state index contributed by atoms with van der Waals surface area (Å²) in [6, 6.07) is 6.06. The molecule has 0 saturated carbocycles. The first kappa shape index (κ1) is 16.7. The van der Waals surface area contributed by atoms with Crippen molar-refractivity contribution in [2.45, 2.75) is 25.9 Å². The molecular formula is C14H22Cl2N2O. The Morgan fingerprint density at radius 2 is 2.00 bits per heavy atom. The van der Waals surface area contributed by atoms with E-state index in [1.54, 1.807) is 13.2 Å². The van der Waals surface area contributed by atoms with Crippen molar-refractivity contribution in [3.63, 3.8) is 0 Å². The van der Waals surface area contributed by atoms with Crippen LogP contribution in [0.2, 0.25) is 10.0 Å². The predicted molar refractivity (Wildman–Crippen MR) is 82.0 cm³/mol. The number of benzene rings is 1. The average Bonchev–Trinajstić information content (AvgIpc) is 2.38. The van der Waals surface area contributed by atoms with Crippen LogP contribution in [-0.4, -0.2) is 37.7 Å². The molecule has 1 atom stereocenters. The third-order valence-electron chi connectivity index (χ3n) is 3.18. The predicted octanol–water partition coefficient (Wildman–Crippen LogP) is 3.35. The van der Waals surface area contributed by atoms with Crippen molar-refractivity contribution in [2.75, 3.05) is 26.8 Å². The molecule has 0 aromatic heterocycles. The van der Waals surface area contributed by atoms with Crippen LogP contribution in [0.25, 0.3) is 0 Å². The maximum absolute atomic E-state index is 6.30. The van der Waals surface area contributed by atoms with Gasteiger partial charge in [0, 0.05) is 32.3 Å². The molecule has 0 saturated heterocycles. The third-order valence-corrected chi connectivity index (χ3v) is 4.01. The van der Waals surface area contributed by atoms with Crippen LogP contribution in [0.1, 0.15) is 25.5 Å². The lowest BCUT2D eigenvalue weighted by molar-refractivity contribution is 0.0980. The molecule has 1 aromatic carbocycles. The van der Waals surface area contributed by atoms with Gasteiger partial charge in [0.05, 0.1) is 16.7 Å². The standard InChI is InChI=1S/C14H22Cl2N2O/c1-10(2)18(7-8-19-3)13(9-17)11-5-4-6-12(15)14(11)16/h4-6,10,13H,7-9,17H2,1-3H3. The lowest BCUT2D eigenvalue weighted by atomic mass is 10.0. The van der Waals surface area contributed by atoms with Crippen LogP contribution < -0.4 is 5.73 Å². The minimum absolute atomic E-state index is 0.0429. The Hall–Kier alpha value is -0.320. The van der Waals surface area contributed by atoms with Crippen LogP contribution in [0.3, 0.4) is 0 Å². The smallest absolute Gasteiger partial charge is 0.0640 e. The molecule has 0 aliphatic carbocycles. The summed E-state index contributed by atoms with van der Waals surface area (Å²) in [4.78, 5) is 2.28. The molecule has 0 aliphatic heterocycles. The summed E-state index contributed by atoms with van der Waals surface area (Å²) in [7, 11) is 1.70. The zero-order valence-electron chi connectivity index (χ0n) is 11.7. The van der Waals surface area contributed by atoms with Crippen LogP contribution in [0.4, 0.5) is 0 Å². The van der Waals surface area contributed by atoms with Crippen LogP contribution in [0.5, 0.6) is 0 Å². The monoisotopic (exact) mass is 304 g/mol. The van der Waals surface area contributed by atoms with Gasteiger partial charge in [-0.25, -0.2) is 0 Å². The van der Waals surface area contributed by atoms with Gasteiger partial charge in [0.25, 0.3) is 0 Å². The first-order valence-corrected chi connectivity index (χ1v) is 7.17. The quantitative estimate of drug-likeness (QED) is 0.839. The van der Waals surface area contributed by atoms with Gasteiger partial charge in [0.2, 0.25) is 0 Å². The Balaban J connectivity index is 3.05. The molecule has 0 spiro atoms. The van der Waals surface area contributed by atoms with Gasteiger partial charge >= 0.3 is 0 Å². The second-order valence-corrected chi connectivity index (χ2v) is 5.50. The van der Waals surface area contributed by atoms with Crippen molar-refractivity contribution in [3.8, 4) is 0 Å². The van der Waals surface area contributed by atoms with E-state index in [-0.39, 0.29) is 6.04 Å². The molecule has 3 nitrogen and oxygen atoms in total. The van der Waals surface area contributed by atoms with Gasteiger partial charge in [-0.15, -0.1) is 0 Å². The largest absolute Gasteiger partial charge is 0.383 e. The van der Waals surface area contributed by atoms with Gasteiger partial charge in [-0.3, -0.25) is 4.90 Å². The highest BCUT2D eigenvalue weighted by Gasteiger charge is 2.24. The van der Waals surface area contributed by atoms with Gasteiger partial charge in [-0.1, -0.05) is 35.3 Å². The number of rotatable bonds is 7. The maximum atomic E-state index is 6.30. The van der Waals surface area contributed by atoms with Crippen molar-refractivity contribution in [3.05, 3.63) is 33.8 Å². The summed E-state index contributed by atoms with van der Waals surface area (Å²) in [5.41, 5.74) is 6.92. The van der Waals surface area contributed by atoms with E-state index in [4.69, 9.17) is 33.7 Å². The molecule has 1 unspecified atom stereocenters. The lowest BCUT2D eigenvalue weighted by Crippen LogP contribution is -2.40. The fraction of sp³-hybridized carbons (Fsp3) is 0.571. The molecule has 0 bridgehead atoms. The molecular weight excluding hydrogens is 283 g/mol. The second-order valence-electron chi connectivity index (χ2n) is 4.72.